The zero-order valence-corrected chi connectivity index (χ0v) is 18.0. The molecule has 0 aromatic carbocycles. The van der Waals surface area contributed by atoms with Crippen LogP contribution in [0.15, 0.2) is 33.1 Å². The molecule has 0 saturated heterocycles. The van der Waals surface area contributed by atoms with Gasteiger partial charge in [0.1, 0.15) is 11.5 Å². The summed E-state index contributed by atoms with van der Waals surface area (Å²) >= 11 is 0. The molecule has 7 heteroatoms. The molecular weight excluding hydrogens is 354 g/mol. The number of nitrogens with zero attached hydrogens (tertiary/aromatic N) is 3. The predicted octanol–water partition coefficient (Wildman–Crippen LogP) is 2.33. The Morgan fingerprint density at radius 2 is 1.75 bits per heavy atom. The number of aromatic amines is 1. The molecule has 2 unspecified atom stereocenters. The van der Waals surface area contributed by atoms with Crippen LogP contribution in [0.25, 0.3) is 0 Å². The molecule has 3 rings (SSSR count). The van der Waals surface area contributed by atoms with Gasteiger partial charge in [0.25, 0.3) is 5.56 Å². The normalized spacial score (nSPS) is 21.4. The van der Waals surface area contributed by atoms with Crippen molar-refractivity contribution >= 4 is 11.5 Å². The van der Waals surface area contributed by atoms with Gasteiger partial charge in [0.2, 0.25) is 0 Å². The van der Waals surface area contributed by atoms with Crippen LogP contribution in [0.3, 0.4) is 0 Å². The Morgan fingerprint density at radius 1 is 1.07 bits per heavy atom. The lowest BCUT2D eigenvalue weighted by Gasteiger charge is -2.38. The zero-order valence-electron chi connectivity index (χ0n) is 18.0. The van der Waals surface area contributed by atoms with E-state index >= 15 is 0 Å². The Balaban J connectivity index is 2.10. The highest BCUT2D eigenvalue weighted by atomic mass is 16.2. The number of hydrogen-bond acceptors (Lipinski definition) is 4. The first-order valence-electron chi connectivity index (χ1n) is 10.3. The molecular formula is C21H34N5O2+. The van der Waals surface area contributed by atoms with E-state index in [2.05, 4.69) is 69.3 Å². The average Bonchev–Trinajstić information content (AvgIpc) is 2.60. The number of hydrogen-bond donors (Lipinski definition) is 2. The summed E-state index contributed by atoms with van der Waals surface area (Å²) in [6, 6.07) is 0. The minimum Gasteiger partial charge on any atom is -0.347 e. The Labute approximate surface area is 166 Å². The maximum absolute atomic E-state index is 13.2. The van der Waals surface area contributed by atoms with Crippen molar-refractivity contribution in [3.05, 3.63) is 44.4 Å². The van der Waals surface area contributed by atoms with E-state index in [0.29, 0.717) is 40.9 Å². The Morgan fingerprint density at radius 3 is 2.39 bits per heavy atom. The molecule has 0 fully saturated rings. The third kappa shape index (κ3) is 3.94. The third-order valence-electron chi connectivity index (χ3n) is 5.67. The Hall–Kier alpha value is -2.28. The first-order valence-corrected chi connectivity index (χ1v) is 10.3. The lowest BCUT2D eigenvalue weighted by Crippen LogP contribution is -2.46. The second-order valence-electron chi connectivity index (χ2n) is 9.11. The minimum absolute atomic E-state index is 0.250. The van der Waals surface area contributed by atoms with Crippen molar-refractivity contribution < 1.29 is 4.48 Å². The molecule has 7 nitrogen and oxygen atoms in total. The highest BCUT2D eigenvalue weighted by Gasteiger charge is 2.32. The SMILES string of the molecule is CCCCN1C2=CC(C)C(C)C=C2Nc2c1[nH]c(=O)n(CC[N+](C)(C)C)c2=O. The zero-order chi connectivity index (χ0) is 20.6. The summed E-state index contributed by atoms with van der Waals surface area (Å²) < 4.78 is 2.00. The van der Waals surface area contributed by atoms with Crippen LogP contribution in [0.2, 0.25) is 0 Å². The van der Waals surface area contributed by atoms with Gasteiger partial charge in [-0.25, -0.2) is 4.79 Å². The van der Waals surface area contributed by atoms with Gasteiger partial charge in [-0.2, -0.15) is 0 Å². The van der Waals surface area contributed by atoms with Gasteiger partial charge < -0.3 is 14.7 Å². The van der Waals surface area contributed by atoms with Crippen molar-refractivity contribution in [2.75, 3.05) is 44.4 Å². The summed E-state index contributed by atoms with van der Waals surface area (Å²) in [5.41, 5.74) is 1.91. The molecule has 0 amide bonds. The van der Waals surface area contributed by atoms with Crippen molar-refractivity contribution in [1.29, 1.82) is 0 Å². The van der Waals surface area contributed by atoms with Crippen molar-refractivity contribution in [2.24, 2.45) is 11.8 Å². The molecule has 0 radical (unpaired) electrons. The van der Waals surface area contributed by atoms with E-state index in [9.17, 15) is 9.59 Å². The van der Waals surface area contributed by atoms with E-state index in [-0.39, 0.29) is 11.2 Å². The summed E-state index contributed by atoms with van der Waals surface area (Å²) in [4.78, 5) is 31.0. The highest BCUT2D eigenvalue weighted by molar-refractivity contribution is 5.77. The number of unbranched alkanes of at least 4 members (excludes halogenated alkanes) is 1. The van der Waals surface area contributed by atoms with Crippen LogP contribution < -0.4 is 21.5 Å². The number of quaternary nitrogens is 1. The Bertz CT molecular complexity index is 916. The smallest absolute Gasteiger partial charge is 0.330 e. The second-order valence-corrected chi connectivity index (χ2v) is 9.11. The molecule has 28 heavy (non-hydrogen) atoms. The van der Waals surface area contributed by atoms with Crippen molar-refractivity contribution in [3.63, 3.8) is 0 Å². The molecule has 1 aliphatic heterocycles. The van der Waals surface area contributed by atoms with Crippen LogP contribution in [-0.2, 0) is 6.54 Å². The van der Waals surface area contributed by atoms with E-state index in [1.165, 1.54) is 4.57 Å². The summed E-state index contributed by atoms with van der Waals surface area (Å²) in [5.74, 6) is 1.39. The molecule has 1 aromatic rings. The Kier molecular flexibility index (Phi) is 5.57. The van der Waals surface area contributed by atoms with Crippen LogP contribution in [-0.4, -0.2) is 48.3 Å². The molecule has 0 spiro atoms. The number of allylic oxidation sites excluding steroid dienone is 2. The largest absolute Gasteiger partial charge is 0.347 e. The number of nitrogens with one attached hydrogen (secondary N) is 2. The molecule has 2 N–H and O–H groups in total. The van der Waals surface area contributed by atoms with E-state index < -0.39 is 0 Å². The number of anilines is 2. The summed E-state index contributed by atoms with van der Waals surface area (Å²) in [7, 11) is 6.15. The van der Waals surface area contributed by atoms with Gasteiger partial charge in [0, 0.05) is 6.54 Å². The number of fused-ring (bicyclic) bond motifs is 2. The van der Waals surface area contributed by atoms with Gasteiger partial charge in [0.15, 0.2) is 0 Å². The summed E-state index contributed by atoms with van der Waals surface area (Å²) in [5, 5.41) is 3.33. The number of rotatable bonds is 6. The lowest BCUT2D eigenvalue weighted by atomic mass is 9.88. The van der Waals surface area contributed by atoms with E-state index in [1.54, 1.807) is 0 Å². The standard InChI is InChI=1S/C21H33N5O2/c1-7-8-9-24-17-13-15(3)14(2)12-16(17)22-18-19(24)23-21(28)25(20(18)27)10-11-26(4,5)6/h12-15,22H,7-11H2,1-6H3/p+1. The number of likely N-dealkylation sites (N-methyl/N-ethyl adjacent to an activating group) is 1. The van der Waals surface area contributed by atoms with Crippen LogP contribution in [0.1, 0.15) is 33.6 Å². The number of H-pyrrole nitrogens is 1. The first-order chi connectivity index (χ1) is 13.1. The quantitative estimate of drug-likeness (QED) is 0.734. The first kappa shape index (κ1) is 20.5. The lowest BCUT2D eigenvalue weighted by molar-refractivity contribution is -0.871. The fourth-order valence-electron chi connectivity index (χ4n) is 3.61. The third-order valence-corrected chi connectivity index (χ3v) is 5.67. The average molecular weight is 389 g/mol. The van der Waals surface area contributed by atoms with E-state index in [0.717, 1.165) is 30.8 Å². The molecule has 0 saturated carbocycles. The summed E-state index contributed by atoms with van der Waals surface area (Å²) in [6.45, 7) is 8.38. The van der Waals surface area contributed by atoms with Gasteiger partial charge in [-0.1, -0.05) is 39.3 Å². The maximum atomic E-state index is 13.2. The van der Waals surface area contributed by atoms with Crippen molar-refractivity contribution in [3.8, 4) is 0 Å². The van der Waals surface area contributed by atoms with Gasteiger partial charge in [-0.15, -0.1) is 0 Å². The molecule has 1 aromatic heterocycles. The van der Waals surface area contributed by atoms with E-state index in [4.69, 9.17) is 0 Å². The fourth-order valence-corrected chi connectivity index (χ4v) is 3.61. The monoisotopic (exact) mass is 388 g/mol. The van der Waals surface area contributed by atoms with Crippen LogP contribution in [0.5, 0.6) is 0 Å². The maximum Gasteiger partial charge on any atom is 0.330 e. The van der Waals surface area contributed by atoms with Crippen LogP contribution >= 0.6 is 0 Å². The van der Waals surface area contributed by atoms with E-state index in [1.807, 2.05) is 0 Å². The van der Waals surface area contributed by atoms with Gasteiger partial charge in [0.05, 0.1) is 45.6 Å². The van der Waals surface area contributed by atoms with Crippen molar-refractivity contribution in [2.45, 2.75) is 40.2 Å². The summed E-state index contributed by atoms with van der Waals surface area (Å²) in [6.07, 6.45) is 6.47. The molecule has 1 aliphatic carbocycles. The fraction of sp³-hybridized carbons (Fsp3) is 0.619. The second kappa shape index (κ2) is 7.62. The van der Waals surface area contributed by atoms with Gasteiger partial charge in [-0.3, -0.25) is 14.3 Å². The van der Waals surface area contributed by atoms with Crippen molar-refractivity contribution in [1.82, 2.24) is 9.55 Å². The molecule has 2 aliphatic rings. The predicted molar refractivity (Wildman–Crippen MR) is 115 cm³/mol. The van der Waals surface area contributed by atoms with Crippen LogP contribution in [0, 0.1) is 11.8 Å². The van der Waals surface area contributed by atoms with Gasteiger partial charge >= 0.3 is 5.69 Å². The topological polar surface area (TPSA) is 70.1 Å². The molecule has 0 bridgehead atoms. The molecule has 2 heterocycles. The minimum atomic E-state index is -0.342. The molecule has 2 atom stereocenters. The van der Waals surface area contributed by atoms with Gasteiger partial charge in [-0.05, 0) is 18.3 Å². The highest BCUT2D eigenvalue weighted by Crippen LogP contribution is 2.38. The number of aromatic nitrogens is 2. The van der Waals surface area contributed by atoms with Crippen LogP contribution in [0.4, 0.5) is 11.5 Å². The molecule has 154 valence electrons.